The number of allylic oxidation sites excluding steroid dienone is 1. The molecule has 0 aliphatic heterocycles. The van der Waals surface area contributed by atoms with Crippen molar-refractivity contribution in [1.29, 1.82) is 0 Å². The van der Waals surface area contributed by atoms with Crippen molar-refractivity contribution < 1.29 is 9.72 Å². The van der Waals surface area contributed by atoms with E-state index in [1.54, 1.807) is 54.0 Å². The highest BCUT2D eigenvalue weighted by Crippen LogP contribution is 2.26. The number of nitro groups is 1. The van der Waals surface area contributed by atoms with Crippen LogP contribution in [0.5, 0.6) is 0 Å². The van der Waals surface area contributed by atoms with Crippen molar-refractivity contribution >= 4 is 61.5 Å². The molecule has 7 heteroatoms. The molecule has 0 aliphatic carbocycles. The lowest BCUT2D eigenvalue weighted by molar-refractivity contribution is -0.380. The van der Waals surface area contributed by atoms with E-state index in [-0.39, 0.29) is 10.8 Å². The Morgan fingerprint density at radius 1 is 0.966 bits per heavy atom. The van der Waals surface area contributed by atoms with Crippen LogP contribution in [0.2, 0.25) is 0 Å². The number of thiophene rings is 2. The first kappa shape index (κ1) is 18.9. The number of nitrogens with zero attached hydrogens (tertiary/aromatic N) is 2. The van der Waals surface area contributed by atoms with Gasteiger partial charge in [0.2, 0.25) is 0 Å². The van der Waals surface area contributed by atoms with Gasteiger partial charge in [-0.05, 0) is 60.0 Å². The van der Waals surface area contributed by atoms with Crippen LogP contribution in [0.25, 0.3) is 16.2 Å². The third kappa shape index (κ3) is 4.53. The fourth-order valence-corrected chi connectivity index (χ4v) is 4.36. The molecule has 2 aromatic heterocycles. The number of hydrogen-bond acceptors (Lipinski definition) is 6. The van der Waals surface area contributed by atoms with E-state index in [1.165, 1.54) is 16.2 Å². The minimum Gasteiger partial charge on any atom is -0.289 e. The van der Waals surface area contributed by atoms with Crippen LogP contribution in [-0.4, -0.2) is 16.9 Å². The molecule has 0 fully saturated rings. The summed E-state index contributed by atoms with van der Waals surface area (Å²) < 4.78 is 1.19. The van der Waals surface area contributed by atoms with Gasteiger partial charge in [-0.25, -0.2) is 0 Å². The van der Waals surface area contributed by atoms with E-state index in [0.717, 1.165) is 16.2 Å². The molecule has 0 N–H and O–H groups in total. The quantitative estimate of drug-likeness (QED) is 0.118. The molecule has 5 nitrogen and oxygen atoms in total. The maximum absolute atomic E-state index is 12.4. The molecule has 0 atom stereocenters. The van der Waals surface area contributed by atoms with Gasteiger partial charge in [0.15, 0.2) is 5.78 Å². The summed E-state index contributed by atoms with van der Waals surface area (Å²) in [5.74, 6) is -0.0770. The molecule has 0 saturated carbocycles. The minimum atomic E-state index is -0.422. The van der Waals surface area contributed by atoms with Gasteiger partial charge in [-0.3, -0.25) is 19.9 Å². The van der Waals surface area contributed by atoms with Gasteiger partial charge in [-0.1, -0.05) is 29.5 Å². The molecule has 0 amide bonds. The van der Waals surface area contributed by atoms with Crippen LogP contribution >= 0.6 is 22.7 Å². The van der Waals surface area contributed by atoms with Gasteiger partial charge >= 0.3 is 5.00 Å². The largest absolute Gasteiger partial charge is 0.324 e. The van der Waals surface area contributed by atoms with E-state index in [9.17, 15) is 14.9 Å². The second kappa shape index (κ2) is 8.30. The minimum absolute atomic E-state index is 0.0770. The zero-order valence-corrected chi connectivity index (χ0v) is 16.7. The summed E-state index contributed by atoms with van der Waals surface area (Å²) in [6, 6.07) is 20.2. The molecule has 2 aromatic carbocycles. The van der Waals surface area contributed by atoms with Crippen molar-refractivity contribution in [1.82, 2.24) is 0 Å². The maximum Gasteiger partial charge on any atom is 0.324 e. The molecule has 0 unspecified atom stereocenters. The van der Waals surface area contributed by atoms with Gasteiger partial charge < -0.3 is 0 Å². The van der Waals surface area contributed by atoms with E-state index >= 15 is 0 Å². The zero-order chi connectivity index (χ0) is 20.2. The second-order valence-corrected chi connectivity index (χ2v) is 8.33. The van der Waals surface area contributed by atoms with Gasteiger partial charge in [0.05, 0.1) is 15.5 Å². The van der Waals surface area contributed by atoms with Gasteiger partial charge in [0.25, 0.3) is 0 Å². The number of aliphatic imine (C=N–C) groups is 1. The normalized spacial score (nSPS) is 11.6. The Kier molecular flexibility index (Phi) is 5.41. The molecule has 4 aromatic rings. The Bertz CT molecular complexity index is 1220. The van der Waals surface area contributed by atoms with Crippen molar-refractivity contribution in [2.24, 2.45) is 4.99 Å². The Labute approximate surface area is 174 Å². The van der Waals surface area contributed by atoms with E-state index in [1.807, 2.05) is 18.2 Å². The fraction of sp³-hybridized carbons (Fsp3) is 0. The highest BCUT2D eigenvalue weighted by atomic mass is 32.1. The number of hydrogen-bond donors (Lipinski definition) is 0. The highest BCUT2D eigenvalue weighted by Gasteiger charge is 2.08. The van der Waals surface area contributed by atoms with E-state index in [0.29, 0.717) is 16.1 Å². The summed E-state index contributed by atoms with van der Waals surface area (Å²) in [5, 5.41) is 12.0. The molecule has 0 radical (unpaired) electrons. The van der Waals surface area contributed by atoms with Crippen LogP contribution in [0, 0.1) is 10.1 Å². The number of carbonyl (C=O) groups is 1. The van der Waals surface area contributed by atoms with Crippen LogP contribution in [0.15, 0.2) is 77.8 Å². The average molecular weight is 418 g/mol. The van der Waals surface area contributed by atoms with Gasteiger partial charge in [-0.2, -0.15) is 0 Å². The summed E-state index contributed by atoms with van der Waals surface area (Å²) in [6.45, 7) is 0. The van der Waals surface area contributed by atoms with E-state index in [4.69, 9.17) is 0 Å². The average Bonchev–Trinajstić information content (AvgIpc) is 3.37. The number of ketones is 1. The molecule has 0 bridgehead atoms. The summed E-state index contributed by atoms with van der Waals surface area (Å²) in [4.78, 5) is 28.7. The van der Waals surface area contributed by atoms with Crippen molar-refractivity contribution in [2.45, 2.75) is 0 Å². The second-order valence-electron chi connectivity index (χ2n) is 6.12. The number of fused-ring (bicyclic) bond motifs is 1. The first-order valence-corrected chi connectivity index (χ1v) is 10.3. The molecule has 29 heavy (non-hydrogen) atoms. The molecular weight excluding hydrogens is 404 g/mol. The van der Waals surface area contributed by atoms with Crippen molar-refractivity contribution in [3.8, 4) is 0 Å². The van der Waals surface area contributed by atoms with Crippen LogP contribution in [0.3, 0.4) is 0 Å². The number of rotatable bonds is 6. The molecule has 0 aliphatic rings. The zero-order valence-electron chi connectivity index (χ0n) is 15.0. The number of carbonyl (C=O) groups excluding carboxylic acids is 1. The van der Waals surface area contributed by atoms with Crippen molar-refractivity contribution in [2.75, 3.05) is 0 Å². The van der Waals surface area contributed by atoms with E-state index in [2.05, 4.69) is 23.2 Å². The molecular formula is C22H14N2O3S2. The highest BCUT2D eigenvalue weighted by molar-refractivity contribution is 7.19. The Morgan fingerprint density at radius 3 is 2.48 bits per heavy atom. The van der Waals surface area contributed by atoms with Crippen LogP contribution < -0.4 is 0 Å². The lowest BCUT2D eigenvalue weighted by Crippen LogP contribution is -1.92. The SMILES string of the molecule is O=C(C=Cc1cc2ccccc2s1)c1ccc(N=Cc2ccc([N+](=O)[O-])s2)cc1. The maximum atomic E-state index is 12.4. The predicted octanol–water partition coefficient (Wildman–Crippen LogP) is 6.52. The van der Waals surface area contributed by atoms with E-state index < -0.39 is 4.92 Å². The van der Waals surface area contributed by atoms with Gasteiger partial charge in [0.1, 0.15) is 0 Å². The Balaban J connectivity index is 1.43. The Hall–Kier alpha value is -3.42. The monoisotopic (exact) mass is 418 g/mol. The van der Waals surface area contributed by atoms with Gasteiger partial charge in [0, 0.05) is 27.4 Å². The number of benzene rings is 2. The lowest BCUT2D eigenvalue weighted by Gasteiger charge is -1.97. The molecule has 0 saturated heterocycles. The third-order valence-corrected chi connectivity index (χ3v) is 6.18. The summed E-state index contributed by atoms with van der Waals surface area (Å²) >= 11 is 2.71. The van der Waals surface area contributed by atoms with Crippen molar-refractivity contribution in [3.05, 3.63) is 98.2 Å². The Morgan fingerprint density at radius 2 is 1.76 bits per heavy atom. The van der Waals surface area contributed by atoms with Crippen LogP contribution in [-0.2, 0) is 0 Å². The lowest BCUT2D eigenvalue weighted by atomic mass is 10.1. The van der Waals surface area contributed by atoms with Crippen LogP contribution in [0.4, 0.5) is 10.7 Å². The first-order valence-electron chi connectivity index (χ1n) is 8.68. The standard InChI is InChI=1S/C22H14N2O3S2/c25-20(11-9-18-13-16-3-1-2-4-21(16)28-18)15-5-7-17(8-6-15)23-14-19-10-12-22(29-19)24(26)27/h1-14H. The first-order chi connectivity index (χ1) is 14.1. The summed E-state index contributed by atoms with van der Waals surface area (Å²) in [5.41, 5.74) is 1.25. The molecule has 0 spiro atoms. The smallest absolute Gasteiger partial charge is 0.289 e. The third-order valence-electron chi connectivity index (χ3n) is 4.13. The topological polar surface area (TPSA) is 72.6 Å². The van der Waals surface area contributed by atoms with Crippen molar-refractivity contribution in [3.63, 3.8) is 0 Å². The summed E-state index contributed by atoms with van der Waals surface area (Å²) in [6.07, 6.45) is 4.99. The fourth-order valence-electron chi connectivity index (χ4n) is 2.70. The predicted molar refractivity (Wildman–Crippen MR) is 120 cm³/mol. The molecule has 4 rings (SSSR count). The van der Waals surface area contributed by atoms with Gasteiger partial charge in [-0.15, -0.1) is 11.3 Å². The van der Waals surface area contributed by atoms with Crippen LogP contribution in [0.1, 0.15) is 20.1 Å². The summed E-state index contributed by atoms with van der Waals surface area (Å²) in [7, 11) is 0. The molecule has 142 valence electrons. The molecule has 2 heterocycles.